The first-order chi connectivity index (χ1) is 13.6. The molecular formula is C21H24N4OS2. The molecule has 2 aromatic carbocycles. The highest BCUT2D eigenvalue weighted by Crippen LogP contribution is 2.25. The number of nitrogens with zero attached hydrogens (tertiary/aromatic N) is 3. The van der Waals surface area contributed by atoms with E-state index < -0.39 is 0 Å². The number of benzene rings is 2. The Hall–Kier alpha value is -2.25. The summed E-state index contributed by atoms with van der Waals surface area (Å²) in [7, 11) is 0. The quantitative estimate of drug-likeness (QED) is 0.521. The minimum absolute atomic E-state index is 0.0496. The van der Waals surface area contributed by atoms with Crippen LogP contribution in [0.25, 0.3) is 11.4 Å². The van der Waals surface area contributed by atoms with Gasteiger partial charge in [-0.2, -0.15) is 0 Å². The van der Waals surface area contributed by atoms with Crippen molar-refractivity contribution in [2.75, 3.05) is 17.3 Å². The number of carbonyl (C=O) groups excluding carboxylic acids is 1. The smallest absolute Gasteiger partial charge is 0.234 e. The first-order valence-electron chi connectivity index (χ1n) is 9.17. The molecule has 0 unspecified atom stereocenters. The number of aryl methyl sites for hydroxylation is 1. The Morgan fingerprint density at radius 2 is 1.96 bits per heavy atom. The highest BCUT2D eigenvalue weighted by Gasteiger charge is 2.15. The number of amides is 1. The van der Waals surface area contributed by atoms with Gasteiger partial charge in [0.25, 0.3) is 0 Å². The highest BCUT2D eigenvalue weighted by molar-refractivity contribution is 7.99. The average molecular weight is 413 g/mol. The molecule has 3 aromatic rings. The standard InChI is InChI=1S/C21H24N4OS2/c1-4-11-25-20(16-8-5-7-15(2)12-16)23-24-21(25)28-14-19(26)22-17-9-6-10-18(13-17)27-3/h5-10,12-13H,4,11,14H2,1-3H3,(H,22,26). The summed E-state index contributed by atoms with van der Waals surface area (Å²) in [6.07, 6.45) is 2.99. The van der Waals surface area contributed by atoms with Crippen molar-refractivity contribution < 1.29 is 4.79 Å². The fourth-order valence-corrected chi connectivity index (χ4v) is 4.07. The Balaban J connectivity index is 1.70. The van der Waals surface area contributed by atoms with Crippen molar-refractivity contribution >= 4 is 35.1 Å². The van der Waals surface area contributed by atoms with Gasteiger partial charge >= 0.3 is 0 Å². The third-order valence-electron chi connectivity index (χ3n) is 4.13. The highest BCUT2D eigenvalue weighted by atomic mass is 32.2. The maximum Gasteiger partial charge on any atom is 0.234 e. The molecule has 0 aliphatic carbocycles. The Bertz CT molecular complexity index is 955. The number of hydrogen-bond donors (Lipinski definition) is 1. The van der Waals surface area contributed by atoms with Gasteiger partial charge in [0.1, 0.15) is 0 Å². The topological polar surface area (TPSA) is 59.8 Å². The zero-order valence-electron chi connectivity index (χ0n) is 16.3. The van der Waals surface area contributed by atoms with Crippen molar-refractivity contribution in [1.82, 2.24) is 14.8 Å². The maximum absolute atomic E-state index is 12.4. The second-order valence-corrected chi connectivity index (χ2v) is 8.22. The molecule has 3 rings (SSSR count). The predicted octanol–water partition coefficient (Wildman–Crippen LogP) is 5.12. The summed E-state index contributed by atoms with van der Waals surface area (Å²) in [6.45, 7) is 5.01. The second-order valence-electron chi connectivity index (χ2n) is 6.40. The number of anilines is 1. The van der Waals surface area contributed by atoms with Gasteiger partial charge in [-0.25, -0.2) is 0 Å². The van der Waals surface area contributed by atoms with Crippen LogP contribution in [0.1, 0.15) is 18.9 Å². The zero-order valence-corrected chi connectivity index (χ0v) is 17.9. The van der Waals surface area contributed by atoms with Crippen LogP contribution >= 0.6 is 23.5 Å². The molecule has 0 fully saturated rings. The molecule has 0 spiro atoms. The van der Waals surface area contributed by atoms with E-state index in [1.54, 1.807) is 11.8 Å². The molecule has 0 radical (unpaired) electrons. The lowest BCUT2D eigenvalue weighted by Crippen LogP contribution is -2.14. The van der Waals surface area contributed by atoms with Crippen LogP contribution in [0.5, 0.6) is 0 Å². The first kappa shape index (κ1) is 20.5. The Kier molecular flexibility index (Phi) is 7.17. The molecule has 0 atom stereocenters. The van der Waals surface area contributed by atoms with Gasteiger partial charge in [0.2, 0.25) is 5.91 Å². The van der Waals surface area contributed by atoms with Crippen molar-refractivity contribution in [2.45, 2.75) is 36.9 Å². The van der Waals surface area contributed by atoms with Gasteiger partial charge < -0.3 is 9.88 Å². The molecule has 0 saturated heterocycles. The normalized spacial score (nSPS) is 10.8. The van der Waals surface area contributed by atoms with Gasteiger partial charge in [-0.05, 0) is 43.9 Å². The zero-order chi connectivity index (χ0) is 19.9. The van der Waals surface area contributed by atoms with Crippen molar-refractivity contribution in [2.24, 2.45) is 0 Å². The summed E-state index contributed by atoms with van der Waals surface area (Å²) in [5.41, 5.74) is 3.05. The Labute approximate surface area is 174 Å². The summed E-state index contributed by atoms with van der Waals surface area (Å²) in [5.74, 6) is 1.09. The number of rotatable bonds is 8. The van der Waals surface area contributed by atoms with Crippen molar-refractivity contribution in [1.29, 1.82) is 0 Å². The van der Waals surface area contributed by atoms with Crippen LogP contribution in [-0.4, -0.2) is 32.7 Å². The van der Waals surface area contributed by atoms with Gasteiger partial charge in [-0.1, -0.05) is 48.5 Å². The van der Waals surface area contributed by atoms with Crippen molar-refractivity contribution in [3.8, 4) is 11.4 Å². The third kappa shape index (κ3) is 5.17. The minimum Gasteiger partial charge on any atom is -0.325 e. The van der Waals surface area contributed by atoms with Crippen molar-refractivity contribution in [3.63, 3.8) is 0 Å². The molecule has 1 amide bonds. The van der Waals surface area contributed by atoms with E-state index in [0.29, 0.717) is 5.75 Å². The lowest BCUT2D eigenvalue weighted by Gasteiger charge is -2.10. The molecule has 7 heteroatoms. The largest absolute Gasteiger partial charge is 0.325 e. The molecular weight excluding hydrogens is 388 g/mol. The molecule has 0 aliphatic heterocycles. The predicted molar refractivity (Wildman–Crippen MR) is 118 cm³/mol. The third-order valence-corrected chi connectivity index (χ3v) is 5.82. The number of aromatic nitrogens is 3. The van der Waals surface area contributed by atoms with Crippen LogP contribution in [-0.2, 0) is 11.3 Å². The molecule has 146 valence electrons. The average Bonchev–Trinajstić information content (AvgIpc) is 3.09. The van der Waals surface area contributed by atoms with E-state index in [9.17, 15) is 4.79 Å². The molecule has 5 nitrogen and oxygen atoms in total. The lowest BCUT2D eigenvalue weighted by atomic mass is 10.1. The summed E-state index contributed by atoms with van der Waals surface area (Å²) in [6, 6.07) is 16.1. The second kappa shape index (κ2) is 9.80. The summed E-state index contributed by atoms with van der Waals surface area (Å²) in [5, 5.41) is 12.5. The molecule has 1 heterocycles. The SMILES string of the molecule is CCCn1c(SCC(=O)Nc2cccc(SC)c2)nnc1-c1cccc(C)c1. The van der Waals surface area contributed by atoms with Crippen LogP contribution < -0.4 is 5.32 Å². The van der Waals surface area contributed by atoms with E-state index in [1.165, 1.54) is 17.3 Å². The number of hydrogen-bond acceptors (Lipinski definition) is 5. The first-order valence-corrected chi connectivity index (χ1v) is 11.4. The molecule has 1 aromatic heterocycles. The van der Waals surface area contributed by atoms with Gasteiger partial charge in [-0.15, -0.1) is 22.0 Å². The van der Waals surface area contributed by atoms with E-state index in [2.05, 4.69) is 46.1 Å². The van der Waals surface area contributed by atoms with E-state index >= 15 is 0 Å². The fourth-order valence-electron chi connectivity index (χ4n) is 2.85. The number of carbonyl (C=O) groups is 1. The molecule has 0 saturated carbocycles. The molecule has 0 bridgehead atoms. The van der Waals surface area contributed by atoms with E-state index in [0.717, 1.165) is 40.1 Å². The van der Waals surface area contributed by atoms with Crippen LogP contribution in [0.3, 0.4) is 0 Å². The Morgan fingerprint density at radius 3 is 2.71 bits per heavy atom. The maximum atomic E-state index is 12.4. The van der Waals surface area contributed by atoms with Crippen LogP contribution in [0.15, 0.2) is 58.6 Å². The van der Waals surface area contributed by atoms with Gasteiger partial charge in [0.15, 0.2) is 11.0 Å². The number of nitrogens with one attached hydrogen (secondary N) is 1. The monoisotopic (exact) mass is 412 g/mol. The lowest BCUT2D eigenvalue weighted by molar-refractivity contribution is -0.113. The number of thioether (sulfide) groups is 2. The summed E-state index contributed by atoms with van der Waals surface area (Å²) >= 11 is 3.07. The van der Waals surface area contributed by atoms with Crippen LogP contribution in [0.2, 0.25) is 0 Å². The van der Waals surface area contributed by atoms with Crippen molar-refractivity contribution in [3.05, 3.63) is 54.1 Å². The van der Waals surface area contributed by atoms with Crippen LogP contribution in [0, 0.1) is 6.92 Å². The minimum atomic E-state index is -0.0496. The summed E-state index contributed by atoms with van der Waals surface area (Å²) in [4.78, 5) is 13.5. The summed E-state index contributed by atoms with van der Waals surface area (Å²) < 4.78 is 2.10. The Morgan fingerprint density at radius 1 is 1.14 bits per heavy atom. The molecule has 28 heavy (non-hydrogen) atoms. The van der Waals surface area contributed by atoms with Gasteiger partial charge in [0, 0.05) is 22.7 Å². The van der Waals surface area contributed by atoms with Crippen LogP contribution in [0.4, 0.5) is 5.69 Å². The molecule has 0 aliphatic rings. The van der Waals surface area contributed by atoms with E-state index in [1.807, 2.05) is 42.7 Å². The van der Waals surface area contributed by atoms with E-state index in [-0.39, 0.29) is 5.91 Å². The van der Waals surface area contributed by atoms with E-state index in [4.69, 9.17) is 0 Å². The molecule has 1 N–H and O–H groups in total. The van der Waals surface area contributed by atoms with Gasteiger partial charge in [-0.3, -0.25) is 4.79 Å². The fraction of sp³-hybridized carbons (Fsp3) is 0.286. The van der Waals surface area contributed by atoms with Gasteiger partial charge in [0.05, 0.1) is 5.75 Å².